The van der Waals surface area contributed by atoms with Crippen LogP contribution in [0.5, 0.6) is 11.5 Å². The summed E-state index contributed by atoms with van der Waals surface area (Å²) < 4.78 is 10.3. The van der Waals surface area contributed by atoms with Crippen LogP contribution in [0.4, 0.5) is 0 Å². The molecule has 0 bridgehead atoms. The number of nitrogens with zero attached hydrogens (tertiary/aromatic N) is 4. The van der Waals surface area contributed by atoms with Crippen molar-refractivity contribution in [2.24, 2.45) is 7.05 Å². The van der Waals surface area contributed by atoms with Gasteiger partial charge in [-0.15, -0.1) is 0 Å². The highest BCUT2D eigenvalue weighted by molar-refractivity contribution is 5.67. The summed E-state index contributed by atoms with van der Waals surface area (Å²) >= 11 is 0. The Morgan fingerprint density at radius 2 is 1.97 bits per heavy atom. The number of pyridine rings is 2. The summed E-state index contributed by atoms with van der Waals surface area (Å²) in [4.78, 5) is 8.77. The molecule has 0 saturated carbocycles. The number of ether oxygens (including phenoxy) is 1. The number of hydrogen-bond acceptors (Lipinski definition) is 4. The number of aryl methyl sites for hydroxylation is 1. The Balaban J connectivity index is 0.00000274. The van der Waals surface area contributed by atoms with Crippen molar-refractivity contribution in [2.75, 3.05) is 0 Å². The number of benzene rings is 1. The van der Waals surface area contributed by atoms with Crippen LogP contribution in [-0.2, 0) is 13.6 Å². The van der Waals surface area contributed by atoms with E-state index in [2.05, 4.69) is 40.2 Å². The first-order valence-corrected chi connectivity index (χ1v) is 10.8. The maximum absolute atomic E-state index is 6.25. The summed E-state index contributed by atoms with van der Waals surface area (Å²) in [5.74, 6) is 1.54. The molecule has 0 fully saturated rings. The normalized spacial score (nSPS) is 11.0. The van der Waals surface area contributed by atoms with Crippen LogP contribution in [0.15, 0.2) is 92.3 Å². The van der Waals surface area contributed by atoms with Gasteiger partial charge in [-0.3, -0.25) is 4.98 Å². The number of aromatic nitrogens is 4. The highest BCUT2D eigenvalue weighted by atomic mass is 16.5. The summed E-state index contributed by atoms with van der Waals surface area (Å²) in [7, 11) is 2.00. The van der Waals surface area contributed by atoms with Crippen molar-refractivity contribution in [3.8, 4) is 22.8 Å². The molecule has 166 valence electrons. The summed E-state index contributed by atoms with van der Waals surface area (Å²) in [5.41, 5.74) is 6.92. The van der Waals surface area contributed by atoms with Crippen molar-refractivity contribution >= 4 is 11.3 Å². The lowest BCUT2D eigenvalue weighted by molar-refractivity contribution is 0.478. The van der Waals surface area contributed by atoms with Crippen molar-refractivity contribution in [3.63, 3.8) is 0 Å². The molecular formula is C27H27N5O. The molecule has 0 aliphatic rings. The third kappa shape index (κ3) is 4.36. The van der Waals surface area contributed by atoms with Crippen molar-refractivity contribution in [1.29, 1.82) is 0 Å². The zero-order valence-corrected chi connectivity index (χ0v) is 18.7. The maximum Gasteiger partial charge on any atom is 0.136 e. The first-order chi connectivity index (χ1) is 16.1. The summed E-state index contributed by atoms with van der Waals surface area (Å²) in [6, 6.07) is 16.0. The lowest BCUT2D eigenvalue weighted by Crippen LogP contribution is -2.12. The lowest BCUT2D eigenvalue weighted by atomic mass is 10.1. The predicted molar refractivity (Wildman–Crippen MR) is 133 cm³/mol. The van der Waals surface area contributed by atoms with Gasteiger partial charge in [-0.2, -0.15) is 0 Å². The molecule has 0 aliphatic heterocycles. The number of nitrogens with one attached hydrogen (secondary N) is 1. The van der Waals surface area contributed by atoms with Crippen LogP contribution in [0.2, 0.25) is 0 Å². The number of imidazole rings is 1. The van der Waals surface area contributed by atoms with Gasteiger partial charge in [0, 0.05) is 80.7 Å². The molecule has 4 heterocycles. The molecular weight excluding hydrogens is 410 g/mol. The average Bonchev–Trinajstić information content (AvgIpc) is 3.47. The Bertz CT molecular complexity index is 1450. The minimum absolute atomic E-state index is 0. The van der Waals surface area contributed by atoms with E-state index in [-0.39, 0.29) is 1.43 Å². The van der Waals surface area contributed by atoms with Gasteiger partial charge in [-0.1, -0.05) is 24.8 Å². The first kappa shape index (κ1) is 20.6. The van der Waals surface area contributed by atoms with Crippen LogP contribution >= 0.6 is 0 Å². The Morgan fingerprint density at radius 3 is 2.82 bits per heavy atom. The van der Waals surface area contributed by atoms with E-state index in [1.54, 1.807) is 12.4 Å². The molecule has 6 nitrogen and oxygen atoms in total. The molecule has 1 aromatic carbocycles. The van der Waals surface area contributed by atoms with Gasteiger partial charge < -0.3 is 19.0 Å². The fourth-order valence-corrected chi connectivity index (χ4v) is 3.84. The molecule has 33 heavy (non-hydrogen) atoms. The topological polar surface area (TPSA) is 56.4 Å². The van der Waals surface area contributed by atoms with Crippen LogP contribution in [0, 0.1) is 6.92 Å². The van der Waals surface area contributed by atoms with Crippen LogP contribution in [-0.4, -0.2) is 18.9 Å². The second kappa shape index (κ2) is 8.67. The quantitative estimate of drug-likeness (QED) is 0.347. The Labute approximate surface area is 194 Å². The van der Waals surface area contributed by atoms with Gasteiger partial charge in [0.2, 0.25) is 0 Å². The monoisotopic (exact) mass is 437 g/mol. The Kier molecular flexibility index (Phi) is 5.40. The zero-order valence-electron chi connectivity index (χ0n) is 18.7. The standard InChI is InChI=1S/C27H25N5O.H2/c1-19-24(20(2)30-16-21-7-8-27-29-12-14-32(27)17-21)5-4-6-26(19)33-23-9-11-28-25(15-23)22-10-13-31(3)18-22;/h4-15,17-18,30H,2,16H2,1,3H3;1H. The van der Waals surface area contributed by atoms with Gasteiger partial charge in [-0.05, 0) is 36.8 Å². The maximum atomic E-state index is 6.25. The number of hydrogen-bond donors (Lipinski definition) is 1. The summed E-state index contributed by atoms with van der Waals surface area (Å²) in [5, 5.41) is 3.44. The molecule has 6 heteroatoms. The summed E-state index contributed by atoms with van der Waals surface area (Å²) in [6.07, 6.45) is 11.6. The van der Waals surface area contributed by atoms with E-state index in [1.807, 2.05) is 77.9 Å². The average molecular weight is 438 g/mol. The van der Waals surface area contributed by atoms with E-state index >= 15 is 0 Å². The van der Waals surface area contributed by atoms with Crippen molar-refractivity contribution in [3.05, 3.63) is 109 Å². The van der Waals surface area contributed by atoms with Gasteiger partial charge in [0.25, 0.3) is 0 Å². The molecule has 0 saturated heterocycles. The Hall–Kier alpha value is -4.32. The third-order valence-electron chi connectivity index (χ3n) is 5.65. The molecule has 5 aromatic rings. The molecule has 0 radical (unpaired) electrons. The SMILES string of the molecule is C=C(NCc1ccc2nccn2c1)c1cccc(Oc2ccnc(-c3ccn(C)c3)c2)c1C.[HH]. The van der Waals surface area contributed by atoms with E-state index < -0.39 is 0 Å². The van der Waals surface area contributed by atoms with E-state index in [9.17, 15) is 0 Å². The van der Waals surface area contributed by atoms with Crippen molar-refractivity contribution in [2.45, 2.75) is 13.5 Å². The molecule has 0 amide bonds. The van der Waals surface area contributed by atoms with Crippen LogP contribution in [0.1, 0.15) is 18.1 Å². The largest absolute Gasteiger partial charge is 0.457 e. The first-order valence-electron chi connectivity index (χ1n) is 10.8. The number of rotatable bonds is 7. The predicted octanol–water partition coefficient (Wildman–Crippen LogP) is 5.84. The highest BCUT2D eigenvalue weighted by Gasteiger charge is 2.10. The van der Waals surface area contributed by atoms with E-state index in [0.717, 1.165) is 50.8 Å². The second-order valence-electron chi connectivity index (χ2n) is 8.04. The van der Waals surface area contributed by atoms with E-state index in [0.29, 0.717) is 6.54 Å². The van der Waals surface area contributed by atoms with Gasteiger partial charge >= 0.3 is 0 Å². The van der Waals surface area contributed by atoms with Crippen LogP contribution < -0.4 is 10.1 Å². The zero-order chi connectivity index (χ0) is 22.8. The molecule has 5 rings (SSSR count). The van der Waals surface area contributed by atoms with E-state index in [1.165, 1.54) is 0 Å². The summed E-state index contributed by atoms with van der Waals surface area (Å²) in [6.45, 7) is 6.98. The fraction of sp³-hybridized carbons (Fsp3) is 0.111. The fourth-order valence-electron chi connectivity index (χ4n) is 3.84. The van der Waals surface area contributed by atoms with Crippen molar-refractivity contribution < 1.29 is 6.16 Å². The minimum atomic E-state index is 0. The van der Waals surface area contributed by atoms with Crippen molar-refractivity contribution in [1.82, 2.24) is 24.3 Å². The second-order valence-corrected chi connectivity index (χ2v) is 8.04. The van der Waals surface area contributed by atoms with E-state index in [4.69, 9.17) is 4.74 Å². The lowest BCUT2D eigenvalue weighted by Gasteiger charge is -2.16. The van der Waals surface area contributed by atoms with Gasteiger partial charge in [-0.25, -0.2) is 4.98 Å². The minimum Gasteiger partial charge on any atom is -0.457 e. The molecule has 0 spiro atoms. The third-order valence-corrected chi connectivity index (χ3v) is 5.65. The van der Waals surface area contributed by atoms with Crippen LogP contribution in [0.25, 0.3) is 22.6 Å². The molecule has 1 N–H and O–H groups in total. The van der Waals surface area contributed by atoms with Gasteiger partial charge in [0.05, 0.1) is 5.69 Å². The highest BCUT2D eigenvalue weighted by Crippen LogP contribution is 2.31. The van der Waals surface area contributed by atoms with Gasteiger partial charge in [0.15, 0.2) is 0 Å². The molecule has 0 unspecified atom stereocenters. The number of fused-ring (bicyclic) bond motifs is 1. The molecule has 0 atom stereocenters. The molecule has 4 aromatic heterocycles. The van der Waals surface area contributed by atoms with Gasteiger partial charge in [0.1, 0.15) is 17.1 Å². The van der Waals surface area contributed by atoms with Crippen LogP contribution in [0.3, 0.4) is 0 Å². The molecule has 0 aliphatic carbocycles. The smallest absolute Gasteiger partial charge is 0.136 e. The Morgan fingerprint density at radius 1 is 1.06 bits per heavy atom.